The van der Waals surface area contributed by atoms with E-state index in [4.69, 9.17) is 10.00 Å². The van der Waals surface area contributed by atoms with Gasteiger partial charge in [0, 0.05) is 5.56 Å². The highest BCUT2D eigenvalue weighted by atomic mass is 19.1. The number of hydrogen-bond acceptors (Lipinski definition) is 4. The lowest BCUT2D eigenvalue weighted by Crippen LogP contribution is -2.25. The number of carbonyl (C=O) groups is 1. The van der Waals surface area contributed by atoms with E-state index in [-0.39, 0.29) is 18.2 Å². The van der Waals surface area contributed by atoms with Crippen LogP contribution in [0.15, 0.2) is 48.5 Å². The first-order valence-corrected chi connectivity index (χ1v) is 7.90. The molecule has 0 bridgehead atoms. The zero-order chi connectivity index (χ0) is 18.1. The highest BCUT2D eigenvalue weighted by Crippen LogP contribution is 2.34. The van der Waals surface area contributed by atoms with Crippen molar-refractivity contribution in [2.24, 2.45) is 0 Å². The molecule has 1 aliphatic heterocycles. The van der Waals surface area contributed by atoms with Crippen LogP contribution in [0.2, 0.25) is 0 Å². The number of aromatic nitrogens is 2. The molecule has 1 aromatic heterocycles. The summed E-state index contributed by atoms with van der Waals surface area (Å²) in [5.74, 6) is 0.353. The van der Waals surface area contributed by atoms with E-state index in [1.165, 1.54) is 0 Å². The molecule has 3 aromatic rings. The molecule has 2 aromatic carbocycles. The van der Waals surface area contributed by atoms with Gasteiger partial charge < -0.3 is 10.1 Å². The normalized spacial score (nSPS) is 12.7. The van der Waals surface area contributed by atoms with Gasteiger partial charge in [-0.15, -0.1) is 0 Å². The van der Waals surface area contributed by atoms with Crippen LogP contribution in [0, 0.1) is 11.3 Å². The number of alkyl halides is 1. The number of carbonyl (C=O) groups excluding carboxylic acids is 1. The van der Waals surface area contributed by atoms with Crippen molar-refractivity contribution in [3.05, 3.63) is 59.8 Å². The minimum absolute atomic E-state index is 0.0166. The van der Waals surface area contributed by atoms with Crippen LogP contribution in [0.25, 0.3) is 16.9 Å². The molecule has 0 unspecified atom stereocenters. The van der Waals surface area contributed by atoms with Crippen molar-refractivity contribution in [2.75, 3.05) is 11.9 Å². The molecule has 1 N–H and O–H groups in total. The van der Waals surface area contributed by atoms with Crippen molar-refractivity contribution in [2.45, 2.75) is 6.67 Å². The third-order valence-corrected chi connectivity index (χ3v) is 4.02. The summed E-state index contributed by atoms with van der Waals surface area (Å²) >= 11 is 0. The van der Waals surface area contributed by atoms with E-state index in [0.717, 1.165) is 5.56 Å². The Morgan fingerprint density at radius 1 is 1.27 bits per heavy atom. The molecule has 128 valence electrons. The van der Waals surface area contributed by atoms with Gasteiger partial charge in [0.05, 0.1) is 34.4 Å². The summed E-state index contributed by atoms with van der Waals surface area (Å²) in [4.78, 5) is 11.5. The Balaban J connectivity index is 1.84. The third-order valence-electron chi connectivity index (χ3n) is 4.02. The van der Waals surface area contributed by atoms with Gasteiger partial charge in [0.15, 0.2) is 6.61 Å². The summed E-state index contributed by atoms with van der Waals surface area (Å²) in [6.45, 7) is -0.722. The topological polar surface area (TPSA) is 79.9 Å². The quantitative estimate of drug-likeness (QED) is 0.788. The monoisotopic (exact) mass is 348 g/mol. The summed E-state index contributed by atoms with van der Waals surface area (Å²) in [5.41, 5.74) is 3.35. The lowest BCUT2D eigenvalue weighted by atomic mass is 10.1. The summed E-state index contributed by atoms with van der Waals surface area (Å²) in [5, 5.41) is 16.2. The number of halogens is 1. The number of hydrogen-bond donors (Lipinski definition) is 1. The van der Waals surface area contributed by atoms with Gasteiger partial charge >= 0.3 is 0 Å². The first kappa shape index (κ1) is 15.8. The average molecular weight is 348 g/mol. The van der Waals surface area contributed by atoms with Gasteiger partial charge in [0.25, 0.3) is 5.91 Å². The van der Waals surface area contributed by atoms with Gasteiger partial charge in [-0.3, -0.25) is 4.79 Å². The number of ether oxygens (including phenoxy) is 1. The molecule has 0 atom stereocenters. The highest BCUT2D eigenvalue weighted by Gasteiger charge is 2.18. The van der Waals surface area contributed by atoms with Gasteiger partial charge in [0.1, 0.15) is 12.4 Å². The molecule has 26 heavy (non-hydrogen) atoms. The minimum Gasteiger partial charge on any atom is -0.482 e. The Bertz CT molecular complexity index is 1050. The number of benzene rings is 2. The largest absolute Gasteiger partial charge is 0.482 e. The van der Waals surface area contributed by atoms with Crippen LogP contribution in [0.5, 0.6) is 5.75 Å². The molecule has 0 saturated carbocycles. The van der Waals surface area contributed by atoms with E-state index in [9.17, 15) is 9.18 Å². The van der Waals surface area contributed by atoms with Crippen molar-refractivity contribution in [3.8, 4) is 28.8 Å². The second kappa shape index (κ2) is 6.33. The summed E-state index contributed by atoms with van der Waals surface area (Å²) in [7, 11) is 0. The molecule has 1 amide bonds. The van der Waals surface area contributed by atoms with E-state index >= 15 is 0 Å². The Kier molecular flexibility index (Phi) is 3.86. The molecular formula is C19H13FN4O2. The maximum absolute atomic E-state index is 13.2. The van der Waals surface area contributed by atoms with Crippen LogP contribution >= 0.6 is 0 Å². The maximum Gasteiger partial charge on any atom is 0.262 e. The first-order chi connectivity index (χ1) is 12.7. The standard InChI is InChI=1S/C19H13FN4O2/c20-9-14-8-17(24(23-14)15-3-1-2-12(6-15)10-21)13-4-5-18-16(7-13)22-19(25)11-26-18/h1-8H,9,11H2,(H,22,25). The lowest BCUT2D eigenvalue weighted by molar-refractivity contribution is -0.118. The summed E-state index contributed by atoms with van der Waals surface area (Å²) in [6.07, 6.45) is 0. The molecule has 7 heteroatoms. The predicted molar refractivity (Wildman–Crippen MR) is 92.7 cm³/mol. The maximum atomic E-state index is 13.2. The Morgan fingerprint density at radius 2 is 2.15 bits per heavy atom. The van der Waals surface area contributed by atoms with Crippen molar-refractivity contribution >= 4 is 11.6 Å². The predicted octanol–water partition coefficient (Wildman–Crippen LogP) is 3.21. The van der Waals surface area contributed by atoms with Crippen LogP contribution in [0.1, 0.15) is 11.3 Å². The van der Waals surface area contributed by atoms with Gasteiger partial charge in [-0.2, -0.15) is 10.4 Å². The van der Waals surface area contributed by atoms with E-state index in [2.05, 4.69) is 16.5 Å². The second-order valence-corrected chi connectivity index (χ2v) is 5.78. The van der Waals surface area contributed by atoms with Gasteiger partial charge in [-0.25, -0.2) is 9.07 Å². The van der Waals surface area contributed by atoms with E-state index in [1.54, 1.807) is 47.1 Å². The van der Waals surface area contributed by atoms with Crippen molar-refractivity contribution in [3.63, 3.8) is 0 Å². The molecule has 0 radical (unpaired) electrons. The molecule has 2 heterocycles. The smallest absolute Gasteiger partial charge is 0.262 e. The molecule has 0 aliphatic carbocycles. The second-order valence-electron chi connectivity index (χ2n) is 5.78. The first-order valence-electron chi connectivity index (χ1n) is 7.90. The minimum atomic E-state index is -0.706. The number of rotatable bonds is 3. The number of fused-ring (bicyclic) bond motifs is 1. The van der Waals surface area contributed by atoms with Crippen LogP contribution in [-0.4, -0.2) is 22.3 Å². The number of nitrogens with one attached hydrogen (secondary N) is 1. The van der Waals surface area contributed by atoms with Crippen LogP contribution in [0.4, 0.5) is 10.1 Å². The van der Waals surface area contributed by atoms with E-state index < -0.39 is 6.67 Å². The number of nitriles is 1. The van der Waals surface area contributed by atoms with E-state index in [1.807, 2.05) is 6.07 Å². The van der Waals surface area contributed by atoms with Gasteiger partial charge in [0.2, 0.25) is 0 Å². The average Bonchev–Trinajstić information content (AvgIpc) is 3.12. The summed E-state index contributed by atoms with van der Waals surface area (Å²) in [6, 6.07) is 16.0. The number of anilines is 1. The fourth-order valence-electron chi connectivity index (χ4n) is 2.85. The molecule has 6 nitrogen and oxygen atoms in total. The molecule has 4 rings (SSSR count). The van der Waals surface area contributed by atoms with Crippen LogP contribution in [0.3, 0.4) is 0 Å². The fourth-order valence-corrected chi connectivity index (χ4v) is 2.85. The van der Waals surface area contributed by atoms with Crippen LogP contribution in [-0.2, 0) is 11.5 Å². The van der Waals surface area contributed by atoms with Crippen LogP contribution < -0.4 is 10.1 Å². The van der Waals surface area contributed by atoms with Gasteiger partial charge in [-0.1, -0.05) is 6.07 Å². The summed E-state index contributed by atoms with van der Waals surface area (Å²) < 4.78 is 20.2. The Hall–Kier alpha value is -3.66. The van der Waals surface area contributed by atoms with Gasteiger partial charge in [-0.05, 0) is 42.5 Å². The highest BCUT2D eigenvalue weighted by molar-refractivity contribution is 5.96. The fraction of sp³-hybridized carbons (Fsp3) is 0.105. The third kappa shape index (κ3) is 2.78. The molecular weight excluding hydrogens is 335 g/mol. The molecule has 0 spiro atoms. The Morgan fingerprint density at radius 3 is 2.96 bits per heavy atom. The van der Waals surface area contributed by atoms with Crippen molar-refractivity contribution < 1.29 is 13.9 Å². The molecule has 0 fully saturated rings. The zero-order valence-corrected chi connectivity index (χ0v) is 13.6. The Labute approximate surface area is 148 Å². The lowest BCUT2D eigenvalue weighted by Gasteiger charge is -2.18. The number of amides is 1. The molecule has 0 saturated heterocycles. The SMILES string of the molecule is N#Cc1cccc(-n2nc(CF)cc2-c2ccc3c(c2)NC(=O)CO3)c1. The zero-order valence-electron chi connectivity index (χ0n) is 13.6. The number of nitrogens with zero attached hydrogens (tertiary/aromatic N) is 3. The van der Waals surface area contributed by atoms with Crippen molar-refractivity contribution in [1.82, 2.24) is 9.78 Å². The van der Waals surface area contributed by atoms with E-state index in [0.29, 0.717) is 28.4 Å². The van der Waals surface area contributed by atoms with Crippen molar-refractivity contribution in [1.29, 1.82) is 5.26 Å². The molecule has 1 aliphatic rings.